The molecule has 128 valence electrons. The van der Waals surface area contributed by atoms with Gasteiger partial charge >= 0.3 is 0 Å². The summed E-state index contributed by atoms with van der Waals surface area (Å²) in [6.07, 6.45) is 0. The van der Waals surface area contributed by atoms with Crippen molar-refractivity contribution in [2.75, 3.05) is 5.32 Å². The standard InChI is InChI=1S/C17H16N4O4/c1-10-5-3-4-6-13(10)18-17(24)16(11(2)22)20-19-14-8-7-12(23)9-15(14)21-25/h3-9,22-23H,1-2H3,(H,18,24)/b16-11+,20-19?. The minimum absolute atomic E-state index is 0.0511. The first-order chi connectivity index (χ1) is 11.9. The van der Waals surface area contributed by atoms with E-state index in [9.17, 15) is 19.9 Å². The Kier molecular flexibility index (Phi) is 5.57. The predicted molar refractivity (Wildman–Crippen MR) is 93.2 cm³/mol. The molecule has 8 nitrogen and oxygen atoms in total. The topological polar surface area (TPSA) is 124 Å². The molecule has 0 saturated carbocycles. The fourth-order valence-electron chi connectivity index (χ4n) is 1.95. The van der Waals surface area contributed by atoms with Gasteiger partial charge in [-0.05, 0) is 42.8 Å². The average molecular weight is 340 g/mol. The number of benzene rings is 2. The lowest BCUT2D eigenvalue weighted by atomic mass is 10.2. The van der Waals surface area contributed by atoms with E-state index in [1.54, 1.807) is 12.1 Å². The van der Waals surface area contributed by atoms with Crippen molar-refractivity contribution in [3.05, 3.63) is 64.4 Å². The average Bonchev–Trinajstić information content (AvgIpc) is 2.57. The summed E-state index contributed by atoms with van der Waals surface area (Å²) >= 11 is 0. The molecular formula is C17H16N4O4. The maximum Gasteiger partial charge on any atom is 0.279 e. The zero-order chi connectivity index (χ0) is 18.4. The maximum absolute atomic E-state index is 12.3. The van der Waals surface area contributed by atoms with Crippen LogP contribution in [0.2, 0.25) is 0 Å². The molecule has 0 fully saturated rings. The normalized spacial score (nSPS) is 11.9. The predicted octanol–water partition coefficient (Wildman–Crippen LogP) is 4.61. The lowest BCUT2D eigenvalue weighted by molar-refractivity contribution is -0.113. The highest BCUT2D eigenvalue weighted by molar-refractivity contribution is 6.04. The van der Waals surface area contributed by atoms with Crippen molar-refractivity contribution >= 4 is 23.0 Å². The summed E-state index contributed by atoms with van der Waals surface area (Å²) in [7, 11) is 0. The van der Waals surface area contributed by atoms with Gasteiger partial charge in [0.25, 0.3) is 5.91 Å². The molecule has 0 bridgehead atoms. The Morgan fingerprint density at radius 1 is 1.12 bits per heavy atom. The number of aromatic hydroxyl groups is 1. The van der Waals surface area contributed by atoms with Crippen molar-refractivity contribution in [1.82, 2.24) is 0 Å². The number of hydrogen-bond acceptors (Lipinski definition) is 7. The van der Waals surface area contributed by atoms with Gasteiger partial charge in [-0.15, -0.1) is 15.1 Å². The van der Waals surface area contributed by atoms with Gasteiger partial charge in [-0.3, -0.25) is 4.79 Å². The summed E-state index contributed by atoms with van der Waals surface area (Å²) in [4.78, 5) is 23.1. The molecule has 0 saturated heterocycles. The molecule has 25 heavy (non-hydrogen) atoms. The Morgan fingerprint density at radius 3 is 2.48 bits per heavy atom. The van der Waals surface area contributed by atoms with Gasteiger partial charge in [-0.2, -0.15) is 0 Å². The van der Waals surface area contributed by atoms with Crippen LogP contribution in [0.3, 0.4) is 0 Å². The van der Waals surface area contributed by atoms with Gasteiger partial charge < -0.3 is 15.5 Å². The number of azo groups is 1. The number of anilines is 1. The Balaban J connectivity index is 2.28. The van der Waals surface area contributed by atoms with E-state index >= 15 is 0 Å². The lowest BCUT2D eigenvalue weighted by Gasteiger charge is -2.08. The van der Waals surface area contributed by atoms with Gasteiger partial charge in [0.05, 0.1) is 0 Å². The molecule has 2 aromatic rings. The molecule has 2 aromatic carbocycles. The summed E-state index contributed by atoms with van der Waals surface area (Å²) < 4.78 is 0. The van der Waals surface area contributed by atoms with Crippen molar-refractivity contribution in [3.8, 4) is 5.75 Å². The second kappa shape index (κ2) is 7.82. The van der Waals surface area contributed by atoms with E-state index in [4.69, 9.17) is 0 Å². The third kappa shape index (κ3) is 4.47. The first-order valence-electron chi connectivity index (χ1n) is 7.27. The van der Waals surface area contributed by atoms with Crippen LogP contribution in [0, 0.1) is 11.8 Å². The third-order valence-electron chi connectivity index (χ3n) is 3.27. The van der Waals surface area contributed by atoms with E-state index in [-0.39, 0.29) is 28.6 Å². The van der Waals surface area contributed by atoms with E-state index in [2.05, 4.69) is 20.7 Å². The third-order valence-corrected chi connectivity index (χ3v) is 3.27. The number of carbonyl (C=O) groups excluding carboxylic acids is 1. The summed E-state index contributed by atoms with van der Waals surface area (Å²) in [6, 6.07) is 10.9. The number of aryl methyl sites for hydroxylation is 1. The number of para-hydroxylation sites is 1. The van der Waals surface area contributed by atoms with Crippen LogP contribution < -0.4 is 5.32 Å². The van der Waals surface area contributed by atoms with Gasteiger partial charge in [0, 0.05) is 11.8 Å². The fourth-order valence-corrected chi connectivity index (χ4v) is 1.95. The molecule has 1 amide bonds. The van der Waals surface area contributed by atoms with Gasteiger partial charge in [0.15, 0.2) is 5.70 Å². The van der Waals surface area contributed by atoms with Gasteiger partial charge in [-0.25, -0.2) is 0 Å². The molecule has 0 aliphatic heterocycles. The van der Waals surface area contributed by atoms with Crippen LogP contribution in [0.4, 0.5) is 17.1 Å². The minimum Gasteiger partial charge on any atom is -0.510 e. The Bertz CT molecular complexity index is 871. The second-order valence-corrected chi connectivity index (χ2v) is 5.17. The zero-order valence-corrected chi connectivity index (χ0v) is 13.6. The van der Waals surface area contributed by atoms with Crippen molar-refractivity contribution in [2.45, 2.75) is 13.8 Å². The molecule has 0 unspecified atom stereocenters. The highest BCUT2D eigenvalue weighted by Gasteiger charge is 2.14. The molecule has 8 heteroatoms. The van der Waals surface area contributed by atoms with Crippen molar-refractivity contribution in [2.24, 2.45) is 15.4 Å². The van der Waals surface area contributed by atoms with E-state index in [0.29, 0.717) is 5.69 Å². The number of phenols is 1. The summed E-state index contributed by atoms with van der Waals surface area (Å²) in [5.74, 6) is -1.15. The van der Waals surface area contributed by atoms with Crippen LogP contribution in [-0.2, 0) is 4.79 Å². The molecule has 0 aliphatic rings. The molecule has 0 spiro atoms. The number of phenolic OH excluding ortho intramolecular Hbond substituents is 1. The lowest BCUT2D eigenvalue weighted by Crippen LogP contribution is -2.15. The van der Waals surface area contributed by atoms with E-state index in [1.165, 1.54) is 19.1 Å². The van der Waals surface area contributed by atoms with Crippen LogP contribution in [0.25, 0.3) is 0 Å². The number of carbonyl (C=O) groups is 1. The highest BCUT2D eigenvalue weighted by Crippen LogP contribution is 2.32. The number of hydrogen-bond donors (Lipinski definition) is 3. The SMILES string of the molecule is C/C(O)=C(\N=Nc1ccc(O)cc1N=O)C(=O)Nc1ccccc1C. The molecule has 0 atom stereocenters. The maximum atomic E-state index is 12.3. The Hall–Kier alpha value is -3.55. The smallest absolute Gasteiger partial charge is 0.279 e. The van der Waals surface area contributed by atoms with Crippen LogP contribution in [0.15, 0.2) is 69.3 Å². The van der Waals surface area contributed by atoms with Crippen LogP contribution in [0.5, 0.6) is 5.75 Å². The summed E-state index contributed by atoms with van der Waals surface area (Å²) in [5.41, 5.74) is 1.01. The number of nitroso groups, excluding NO2 is 1. The van der Waals surface area contributed by atoms with Gasteiger partial charge in [0.2, 0.25) is 0 Å². The van der Waals surface area contributed by atoms with Crippen LogP contribution in [0.1, 0.15) is 12.5 Å². The minimum atomic E-state index is -0.655. The highest BCUT2D eigenvalue weighted by atomic mass is 16.3. The largest absolute Gasteiger partial charge is 0.510 e. The second-order valence-electron chi connectivity index (χ2n) is 5.17. The van der Waals surface area contributed by atoms with Crippen LogP contribution in [-0.4, -0.2) is 16.1 Å². The molecular weight excluding hydrogens is 324 g/mol. The van der Waals surface area contributed by atoms with Gasteiger partial charge in [-0.1, -0.05) is 18.2 Å². The fraction of sp³-hybridized carbons (Fsp3) is 0.118. The van der Waals surface area contributed by atoms with Crippen LogP contribution >= 0.6 is 0 Å². The molecule has 0 heterocycles. The molecule has 0 radical (unpaired) electrons. The van der Waals surface area contributed by atoms with E-state index in [1.807, 2.05) is 19.1 Å². The summed E-state index contributed by atoms with van der Waals surface area (Å²) in [5, 5.41) is 31.9. The summed E-state index contributed by atoms with van der Waals surface area (Å²) in [6.45, 7) is 3.12. The number of amides is 1. The monoisotopic (exact) mass is 340 g/mol. The molecule has 0 aliphatic carbocycles. The zero-order valence-electron chi connectivity index (χ0n) is 13.6. The first kappa shape index (κ1) is 17.8. The molecule has 3 N–H and O–H groups in total. The number of aliphatic hydroxyl groups excluding tert-OH is 1. The van der Waals surface area contributed by atoms with E-state index < -0.39 is 5.91 Å². The molecule has 2 rings (SSSR count). The van der Waals surface area contributed by atoms with Crippen molar-refractivity contribution < 1.29 is 15.0 Å². The number of aliphatic hydroxyl groups is 1. The number of allylic oxidation sites excluding steroid dienone is 1. The van der Waals surface area contributed by atoms with Gasteiger partial charge in [0.1, 0.15) is 22.9 Å². The van der Waals surface area contributed by atoms with Crippen molar-refractivity contribution in [1.29, 1.82) is 0 Å². The van der Waals surface area contributed by atoms with Crippen molar-refractivity contribution in [3.63, 3.8) is 0 Å². The Morgan fingerprint density at radius 2 is 1.84 bits per heavy atom. The number of nitrogens with zero attached hydrogens (tertiary/aromatic N) is 3. The molecule has 0 aromatic heterocycles. The Labute approximate surface area is 143 Å². The van der Waals surface area contributed by atoms with E-state index in [0.717, 1.165) is 11.6 Å². The quantitative estimate of drug-likeness (QED) is 0.318. The number of nitrogens with one attached hydrogen (secondary N) is 1. The number of rotatable bonds is 5. The first-order valence-corrected chi connectivity index (χ1v) is 7.27.